The van der Waals surface area contributed by atoms with Crippen LogP contribution in [0.25, 0.3) is 0 Å². The van der Waals surface area contributed by atoms with Crippen molar-refractivity contribution < 1.29 is 13.6 Å². The number of aryl methyl sites for hydroxylation is 4. The molecule has 2 aromatic carbocycles. The van der Waals surface area contributed by atoms with E-state index >= 15 is 0 Å². The van der Waals surface area contributed by atoms with Gasteiger partial charge in [-0.1, -0.05) is 52.0 Å². The van der Waals surface area contributed by atoms with Gasteiger partial charge in [0.15, 0.2) is 0 Å². The summed E-state index contributed by atoms with van der Waals surface area (Å²) in [5, 5.41) is 0. The topological polar surface area (TPSA) is 35.5 Å². The van der Waals surface area contributed by atoms with E-state index in [0.29, 0.717) is 11.5 Å². The van der Waals surface area contributed by atoms with Crippen LogP contribution in [0, 0.1) is 0 Å². The zero-order valence-corrected chi connectivity index (χ0v) is 16.0. The minimum absolute atomic E-state index is 0.672. The first kappa shape index (κ1) is 18.6. The van der Waals surface area contributed by atoms with Gasteiger partial charge in [0.05, 0.1) is 0 Å². The summed E-state index contributed by atoms with van der Waals surface area (Å²) >= 11 is 0. The van der Waals surface area contributed by atoms with Crippen molar-refractivity contribution in [2.75, 3.05) is 0 Å². The van der Waals surface area contributed by atoms with Crippen molar-refractivity contribution in [2.45, 2.75) is 53.4 Å². The molecular formula is C20H27O3P. The summed E-state index contributed by atoms with van der Waals surface area (Å²) in [5.41, 5.74) is 4.43. The normalized spacial score (nSPS) is 10.9. The van der Waals surface area contributed by atoms with Crippen LogP contribution >= 0.6 is 8.25 Å². The molecule has 0 aliphatic heterocycles. The maximum atomic E-state index is 12.5. The molecule has 0 aliphatic rings. The Balaban J connectivity index is 2.19. The highest BCUT2D eigenvalue weighted by Gasteiger charge is 2.11. The van der Waals surface area contributed by atoms with Crippen LogP contribution in [-0.2, 0) is 30.2 Å². The van der Waals surface area contributed by atoms with E-state index < -0.39 is 8.25 Å². The summed E-state index contributed by atoms with van der Waals surface area (Å²) in [7, 11) is -2.66. The van der Waals surface area contributed by atoms with Crippen molar-refractivity contribution in [1.29, 1.82) is 0 Å². The second-order valence-corrected chi connectivity index (χ2v) is 6.66. The summed E-state index contributed by atoms with van der Waals surface area (Å²) in [6.45, 7) is 8.31. The molecule has 0 spiro atoms. The van der Waals surface area contributed by atoms with Gasteiger partial charge < -0.3 is 9.05 Å². The molecule has 2 aromatic rings. The van der Waals surface area contributed by atoms with Crippen molar-refractivity contribution in [3.63, 3.8) is 0 Å². The molecule has 0 fully saturated rings. The second-order valence-electron chi connectivity index (χ2n) is 5.75. The Bertz CT molecular complexity index is 651. The van der Waals surface area contributed by atoms with Crippen LogP contribution < -0.4 is 9.05 Å². The molecule has 0 aliphatic carbocycles. The van der Waals surface area contributed by atoms with Crippen LogP contribution in [0.3, 0.4) is 0 Å². The molecular weight excluding hydrogens is 319 g/mol. The third-order valence-electron chi connectivity index (χ3n) is 4.23. The zero-order valence-electron chi connectivity index (χ0n) is 15.0. The van der Waals surface area contributed by atoms with Crippen LogP contribution in [0.5, 0.6) is 11.5 Å². The predicted molar refractivity (Wildman–Crippen MR) is 101 cm³/mol. The summed E-state index contributed by atoms with van der Waals surface area (Å²) in [6.07, 6.45) is 3.50. The molecule has 0 atom stereocenters. The van der Waals surface area contributed by atoms with E-state index in [9.17, 15) is 4.57 Å². The number of hydrogen-bond acceptors (Lipinski definition) is 3. The quantitative estimate of drug-likeness (QED) is 0.568. The fourth-order valence-electron chi connectivity index (χ4n) is 2.61. The Morgan fingerprint density at radius 3 is 1.46 bits per heavy atom. The second kappa shape index (κ2) is 8.94. The Labute approximate surface area is 146 Å². The molecule has 4 heteroatoms. The van der Waals surface area contributed by atoms with Gasteiger partial charge in [0.25, 0.3) is 0 Å². The highest BCUT2D eigenvalue weighted by Crippen LogP contribution is 2.35. The van der Waals surface area contributed by atoms with E-state index in [1.54, 1.807) is 0 Å². The molecule has 130 valence electrons. The first-order chi connectivity index (χ1) is 11.6. The van der Waals surface area contributed by atoms with Gasteiger partial charge in [-0.15, -0.1) is 0 Å². The van der Waals surface area contributed by atoms with Crippen molar-refractivity contribution >= 4 is 8.25 Å². The van der Waals surface area contributed by atoms with Gasteiger partial charge in [0.1, 0.15) is 11.5 Å². The molecule has 0 saturated carbocycles. The first-order valence-electron chi connectivity index (χ1n) is 8.74. The van der Waals surface area contributed by atoms with Crippen molar-refractivity contribution in [3.8, 4) is 11.5 Å². The Kier molecular flexibility index (Phi) is 6.93. The van der Waals surface area contributed by atoms with E-state index in [4.69, 9.17) is 9.05 Å². The Morgan fingerprint density at radius 2 is 1.12 bits per heavy atom. The lowest BCUT2D eigenvalue weighted by molar-refractivity contribution is 0.412. The molecule has 0 aromatic heterocycles. The van der Waals surface area contributed by atoms with E-state index in [1.165, 1.54) is 11.1 Å². The highest BCUT2D eigenvalue weighted by atomic mass is 31.1. The molecule has 3 nitrogen and oxygen atoms in total. The fourth-order valence-corrected chi connectivity index (χ4v) is 3.39. The number of hydrogen-bond donors (Lipinski definition) is 0. The summed E-state index contributed by atoms with van der Waals surface area (Å²) in [5.74, 6) is 1.34. The fraction of sp³-hybridized carbons (Fsp3) is 0.400. The highest BCUT2D eigenvalue weighted by molar-refractivity contribution is 7.34. The molecule has 0 unspecified atom stereocenters. The molecule has 2 rings (SSSR count). The molecule has 0 bridgehead atoms. The Hall–Kier alpha value is -1.73. The lowest BCUT2D eigenvalue weighted by Crippen LogP contribution is -1.97. The van der Waals surface area contributed by atoms with Crippen LogP contribution in [0.15, 0.2) is 36.4 Å². The lowest BCUT2D eigenvalue weighted by atomic mass is 10.1. The van der Waals surface area contributed by atoms with Gasteiger partial charge in [-0.05, 0) is 60.1 Å². The average Bonchev–Trinajstić information content (AvgIpc) is 2.61. The van der Waals surface area contributed by atoms with E-state index in [0.717, 1.165) is 36.8 Å². The van der Waals surface area contributed by atoms with Crippen molar-refractivity contribution in [3.05, 3.63) is 58.7 Å². The van der Waals surface area contributed by atoms with E-state index in [1.807, 2.05) is 24.3 Å². The van der Waals surface area contributed by atoms with Gasteiger partial charge in [0, 0.05) is 0 Å². The molecule has 0 saturated heterocycles. The van der Waals surface area contributed by atoms with Crippen LogP contribution in [-0.4, -0.2) is 0 Å². The minimum atomic E-state index is -2.66. The summed E-state index contributed by atoms with van der Waals surface area (Å²) < 4.78 is 23.8. The standard InChI is InChI=1S/C20H27O3P/c1-5-15-9-11-17(7-3)19(13-15)22-24(21)23-20-14-16(6-2)10-12-18(20)8-4/h9-14,24H,5-8H2,1-4H3. The molecule has 0 radical (unpaired) electrons. The van der Waals surface area contributed by atoms with E-state index in [-0.39, 0.29) is 0 Å². The molecule has 24 heavy (non-hydrogen) atoms. The Morgan fingerprint density at radius 1 is 0.708 bits per heavy atom. The monoisotopic (exact) mass is 346 g/mol. The smallest absolute Gasteiger partial charge is 0.418 e. The van der Waals surface area contributed by atoms with Crippen LogP contribution in [0.1, 0.15) is 49.9 Å². The van der Waals surface area contributed by atoms with Crippen LogP contribution in [0.4, 0.5) is 0 Å². The van der Waals surface area contributed by atoms with Gasteiger partial charge in [-0.3, -0.25) is 0 Å². The first-order valence-corrected chi connectivity index (χ1v) is 9.96. The van der Waals surface area contributed by atoms with Crippen molar-refractivity contribution in [1.82, 2.24) is 0 Å². The maximum Gasteiger partial charge on any atom is 0.418 e. The predicted octanol–water partition coefficient (Wildman–Crippen LogP) is 5.78. The van der Waals surface area contributed by atoms with E-state index in [2.05, 4.69) is 39.8 Å². The summed E-state index contributed by atoms with van der Waals surface area (Å²) in [6, 6.07) is 12.2. The minimum Gasteiger partial charge on any atom is -0.418 e. The largest absolute Gasteiger partial charge is 0.418 e. The van der Waals surface area contributed by atoms with Gasteiger partial charge >= 0.3 is 8.25 Å². The van der Waals surface area contributed by atoms with Gasteiger partial charge in [0.2, 0.25) is 0 Å². The van der Waals surface area contributed by atoms with Gasteiger partial charge in [-0.25, -0.2) is 4.57 Å². The number of benzene rings is 2. The average molecular weight is 346 g/mol. The third-order valence-corrected chi connectivity index (χ3v) is 5.00. The third kappa shape index (κ3) is 4.64. The number of rotatable bonds is 8. The maximum absolute atomic E-state index is 12.5. The lowest BCUT2D eigenvalue weighted by Gasteiger charge is -2.14. The van der Waals surface area contributed by atoms with Crippen molar-refractivity contribution in [2.24, 2.45) is 0 Å². The zero-order chi connectivity index (χ0) is 17.5. The molecule has 0 amide bonds. The van der Waals surface area contributed by atoms with Crippen LogP contribution in [0.2, 0.25) is 0 Å². The molecule has 0 heterocycles. The summed E-state index contributed by atoms with van der Waals surface area (Å²) in [4.78, 5) is 0. The SMILES string of the molecule is CCc1ccc(CC)c(O[PH](=O)Oc2cc(CC)ccc2CC)c1. The molecule has 0 N–H and O–H groups in total. The van der Waals surface area contributed by atoms with Gasteiger partial charge in [-0.2, -0.15) is 0 Å².